The van der Waals surface area contributed by atoms with Crippen molar-refractivity contribution in [1.82, 2.24) is 5.32 Å². The zero-order valence-electron chi connectivity index (χ0n) is 23.5. The molecule has 0 aromatic heterocycles. The summed E-state index contributed by atoms with van der Waals surface area (Å²) in [5, 5.41) is 14.2. The number of halogens is 4. The van der Waals surface area contributed by atoms with Crippen LogP contribution < -0.4 is 15.4 Å². The van der Waals surface area contributed by atoms with Gasteiger partial charge in [0.15, 0.2) is 0 Å². The molecule has 7 nitrogen and oxygen atoms in total. The lowest BCUT2D eigenvalue weighted by atomic mass is 9.68. The fourth-order valence-corrected chi connectivity index (χ4v) is 5.50. The van der Waals surface area contributed by atoms with Gasteiger partial charge in [-0.25, -0.2) is 14.3 Å². The number of hydrogen-bond acceptors (Lipinski definition) is 4. The number of urea groups is 1. The van der Waals surface area contributed by atoms with Crippen molar-refractivity contribution in [1.29, 1.82) is 0 Å². The average molecular weight is 591 g/mol. The van der Waals surface area contributed by atoms with Crippen molar-refractivity contribution >= 4 is 23.8 Å². The van der Waals surface area contributed by atoms with Crippen LogP contribution in [0.4, 0.5) is 28.0 Å². The number of benzene rings is 2. The van der Waals surface area contributed by atoms with Crippen LogP contribution in [-0.2, 0) is 15.6 Å². The molecule has 2 aromatic rings. The van der Waals surface area contributed by atoms with Gasteiger partial charge < -0.3 is 20.5 Å². The monoisotopic (exact) mass is 590 g/mol. The number of amides is 2. The molecule has 1 unspecified atom stereocenters. The highest BCUT2D eigenvalue weighted by Gasteiger charge is 2.54. The molecule has 0 saturated heterocycles. The molecule has 1 heterocycles. The molecule has 2 amide bonds. The van der Waals surface area contributed by atoms with Crippen molar-refractivity contribution in [3.63, 3.8) is 0 Å². The smallest absolute Gasteiger partial charge is 0.478 e. The van der Waals surface area contributed by atoms with Gasteiger partial charge in [0.05, 0.1) is 11.6 Å². The van der Waals surface area contributed by atoms with E-state index in [0.29, 0.717) is 5.92 Å². The first-order valence-corrected chi connectivity index (χ1v) is 13.7. The number of allylic oxidation sites excluding steroid dienone is 2. The van der Waals surface area contributed by atoms with Crippen molar-refractivity contribution in [2.75, 3.05) is 5.32 Å². The van der Waals surface area contributed by atoms with Crippen molar-refractivity contribution in [3.8, 4) is 5.75 Å². The molecule has 42 heavy (non-hydrogen) atoms. The number of hydrogen-bond donors (Lipinski definition) is 3. The van der Waals surface area contributed by atoms with E-state index < -0.39 is 35.7 Å². The largest absolute Gasteiger partial charge is 0.540 e. The van der Waals surface area contributed by atoms with Gasteiger partial charge in [-0.1, -0.05) is 63.3 Å². The number of aliphatic carboxylic acids is 1. The van der Waals surface area contributed by atoms with Gasteiger partial charge in [-0.3, -0.25) is 0 Å². The molecule has 4 rings (SSSR count). The second-order valence-electron chi connectivity index (χ2n) is 11.7. The van der Waals surface area contributed by atoms with Crippen LogP contribution in [0.3, 0.4) is 0 Å². The van der Waals surface area contributed by atoms with Gasteiger partial charge in [0.25, 0.3) is 0 Å². The summed E-state index contributed by atoms with van der Waals surface area (Å²) in [5.41, 5.74) is 0.876. The Bertz CT molecular complexity index is 1340. The molecule has 1 aliphatic carbocycles. The molecule has 2 aliphatic rings. The standard InChI is InChI=1S/C31H34F4N2O5/c1-29(2,3)22-14-12-21(13-15-22)27(20-10-8-19(9-11-20)6-4-5-7-26(38)39)37-28(40)36-23-16-17-25-24(18-23)30(32,33)42-31(34,35)41-25/h4-11,16-18,21-22,27H,12-15H2,1-3H3,(H,38,39)(H2,36,37,40). The summed E-state index contributed by atoms with van der Waals surface area (Å²) < 4.78 is 62.8. The van der Waals surface area contributed by atoms with Crippen LogP contribution in [-0.4, -0.2) is 23.4 Å². The zero-order chi connectivity index (χ0) is 30.7. The first-order valence-electron chi connectivity index (χ1n) is 13.7. The number of ether oxygens (including phenoxy) is 2. The van der Waals surface area contributed by atoms with E-state index in [2.05, 4.69) is 40.9 Å². The van der Waals surface area contributed by atoms with Crippen LogP contribution in [0.2, 0.25) is 0 Å². The minimum Gasteiger partial charge on any atom is -0.478 e. The van der Waals surface area contributed by atoms with Crippen LogP contribution in [0.5, 0.6) is 5.75 Å². The molecule has 0 spiro atoms. The molecule has 3 N–H and O–H groups in total. The lowest BCUT2D eigenvalue weighted by Crippen LogP contribution is -2.41. The van der Waals surface area contributed by atoms with E-state index in [0.717, 1.165) is 55.0 Å². The Labute approximate surface area is 241 Å². The summed E-state index contributed by atoms with van der Waals surface area (Å²) >= 11 is 0. The molecule has 1 aliphatic heterocycles. The first-order chi connectivity index (χ1) is 19.6. The lowest BCUT2D eigenvalue weighted by Gasteiger charge is -2.39. The molecule has 0 bridgehead atoms. The Morgan fingerprint density at radius 3 is 2.29 bits per heavy atom. The highest BCUT2D eigenvalue weighted by Crippen LogP contribution is 2.47. The number of anilines is 1. The number of fused-ring (bicyclic) bond motifs is 1. The van der Waals surface area contributed by atoms with Gasteiger partial charge in [-0.15, -0.1) is 8.78 Å². The van der Waals surface area contributed by atoms with E-state index in [9.17, 15) is 27.2 Å². The Kier molecular flexibility index (Phi) is 9.01. The maximum atomic E-state index is 14.2. The molecule has 226 valence electrons. The highest BCUT2D eigenvalue weighted by molar-refractivity contribution is 5.89. The van der Waals surface area contributed by atoms with E-state index in [1.807, 2.05) is 24.3 Å². The summed E-state index contributed by atoms with van der Waals surface area (Å²) in [6.45, 7) is 6.66. The van der Waals surface area contributed by atoms with Crippen molar-refractivity contribution < 1.29 is 41.7 Å². The minimum absolute atomic E-state index is 0.0477. The second kappa shape index (κ2) is 12.2. The summed E-state index contributed by atoms with van der Waals surface area (Å²) in [6, 6.07) is 9.41. The molecule has 2 aromatic carbocycles. The van der Waals surface area contributed by atoms with Crippen LogP contribution in [0.1, 0.15) is 69.2 Å². The molecule has 1 saturated carbocycles. The fourth-order valence-electron chi connectivity index (χ4n) is 5.50. The third-order valence-corrected chi connectivity index (χ3v) is 7.72. The first kappa shape index (κ1) is 31.1. The number of rotatable bonds is 7. The number of alkyl halides is 4. The number of carbonyl (C=O) groups excluding carboxylic acids is 1. The number of nitrogens with one attached hydrogen (secondary N) is 2. The van der Waals surface area contributed by atoms with Crippen molar-refractivity contribution in [2.45, 2.75) is 64.9 Å². The fraction of sp³-hybridized carbons (Fsp3) is 0.419. The van der Waals surface area contributed by atoms with E-state index in [1.54, 1.807) is 12.2 Å². The summed E-state index contributed by atoms with van der Waals surface area (Å²) in [6.07, 6.45) is 0.744. The predicted octanol–water partition coefficient (Wildman–Crippen LogP) is 8.06. The summed E-state index contributed by atoms with van der Waals surface area (Å²) in [7, 11) is 0. The van der Waals surface area contributed by atoms with Gasteiger partial charge in [0.2, 0.25) is 0 Å². The van der Waals surface area contributed by atoms with Crippen LogP contribution in [0.25, 0.3) is 6.08 Å². The Morgan fingerprint density at radius 2 is 1.67 bits per heavy atom. The average Bonchev–Trinajstić information content (AvgIpc) is 2.89. The van der Waals surface area contributed by atoms with Crippen molar-refractivity contribution in [3.05, 3.63) is 77.4 Å². The van der Waals surface area contributed by atoms with Crippen LogP contribution in [0.15, 0.2) is 60.7 Å². The quantitative estimate of drug-likeness (QED) is 0.172. The van der Waals surface area contributed by atoms with E-state index >= 15 is 0 Å². The second-order valence-corrected chi connectivity index (χ2v) is 11.7. The minimum atomic E-state index is -4.48. The predicted molar refractivity (Wildman–Crippen MR) is 149 cm³/mol. The van der Waals surface area contributed by atoms with E-state index in [4.69, 9.17) is 5.11 Å². The van der Waals surface area contributed by atoms with Gasteiger partial charge in [0.1, 0.15) is 5.75 Å². The van der Waals surface area contributed by atoms with E-state index in [-0.39, 0.29) is 23.1 Å². The van der Waals surface area contributed by atoms with Gasteiger partial charge in [-0.2, -0.15) is 8.78 Å². The molecular weight excluding hydrogens is 556 g/mol. The zero-order valence-corrected chi connectivity index (χ0v) is 23.5. The van der Waals surface area contributed by atoms with Crippen molar-refractivity contribution in [2.24, 2.45) is 17.3 Å². The third-order valence-electron chi connectivity index (χ3n) is 7.72. The summed E-state index contributed by atoms with van der Waals surface area (Å²) in [5.74, 6) is -1.13. The van der Waals surface area contributed by atoms with Crippen LogP contribution >= 0.6 is 0 Å². The third kappa shape index (κ3) is 7.90. The Hall–Kier alpha value is -3.86. The maximum Gasteiger partial charge on any atom is 0.540 e. The van der Waals surface area contributed by atoms with E-state index in [1.165, 1.54) is 12.1 Å². The number of carboxylic acid groups (broad SMARTS) is 1. The highest BCUT2D eigenvalue weighted by atomic mass is 19.3. The molecule has 1 atom stereocenters. The molecule has 0 radical (unpaired) electrons. The van der Waals surface area contributed by atoms with Gasteiger partial charge in [-0.05, 0) is 72.3 Å². The SMILES string of the molecule is CC(C)(C)C1CCC(C(NC(=O)Nc2ccc3c(c2)C(F)(F)OC(F)(F)O3)c2ccc(C=CC=CC(=O)O)cc2)CC1. The van der Waals surface area contributed by atoms with Gasteiger partial charge in [0, 0.05) is 11.8 Å². The Balaban J connectivity index is 1.52. The number of carboxylic acids is 1. The van der Waals surface area contributed by atoms with Crippen LogP contribution in [0, 0.1) is 17.3 Å². The summed E-state index contributed by atoms with van der Waals surface area (Å²) in [4.78, 5) is 23.8. The lowest BCUT2D eigenvalue weighted by molar-refractivity contribution is -0.461. The maximum absolute atomic E-state index is 14.2. The molecule has 11 heteroatoms. The normalized spacial score (nSPS) is 22.3. The molecule has 1 fully saturated rings. The number of carbonyl (C=O) groups is 2. The Morgan fingerprint density at radius 1 is 1.00 bits per heavy atom. The topological polar surface area (TPSA) is 96.9 Å². The van der Waals surface area contributed by atoms with Gasteiger partial charge >= 0.3 is 24.4 Å². The molecular formula is C31H34F4N2O5.